The summed E-state index contributed by atoms with van der Waals surface area (Å²) in [5, 5.41) is 11.7. The number of aliphatic carboxylic acids is 1. The van der Waals surface area contributed by atoms with Crippen LogP contribution in [0.2, 0.25) is 0 Å². The number of hydrogen-bond acceptors (Lipinski definition) is 4. The van der Waals surface area contributed by atoms with Crippen molar-refractivity contribution in [1.29, 1.82) is 0 Å². The lowest BCUT2D eigenvalue weighted by Gasteiger charge is -2.37. The number of carboxylic acids is 1. The number of carboxylic acid groups (broad SMARTS) is 1. The van der Waals surface area contributed by atoms with Gasteiger partial charge in [-0.1, -0.05) is 34.1 Å². The van der Waals surface area contributed by atoms with E-state index in [-0.39, 0.29) is 6.09 Å². The number of rotatable bonds is 3. The zero-order valence-electron chi connectivity index (χ0n) is 14.2. The molecule has 1 atom stereocenters. The van der Waals surface area contributed by atoms with Gasteiger partial charge in [0.15, 0.2) is 6.04 Å². The van der Waals surface area contributed by atoms with Crippen LogP contribution in [-0.4, -0.2) is 48.7 Å². The van der Waals surface area contributed by atoms with Gasteiger partial charge in [0.25, 0.3) is 0 Å². The van der Waals surface area contributed by atoms with E-state index in [2.05, 4.69) is 15.9 Å². The van der Waals surface area contributed by atoms with E-state index in [1.54, 1.807) is 11.0 Å². The van der Waals surface area contributed by atoms with E-state index in [0.717, 1.165) is 9.37 Å². The van der Waals surface area contributed by atoms with Crippen molar-refractivity contribution in [1.82, 2.24) is 4.90 Å². The van der Waals surface area contributed by atoms with E-state index in [1.165, 1.54) is 0 Å². The summed E-state index contributed by atoms with van der Waals surface area (Å²) in [6.07, 6.45) is -0.354. The quantitative estimate of drug-likeness (QED) is 0.798. The lowest BCUT2D eigenvalue weighted by atomic mass is 10.0. The summed E-state index contributed by atoms with van der Waals surface area (Å²) in [7, 11) is 0. The Bertz CT molecular complexity index is 607. The van der Waals surface area contributed by atoms with Crippen LogP contribution in [0, 0.1) is 0 Å². The highest BCUT2D eigenvalue weighted by Gasteiger charge is 2.33. The highest BCUT2D eigenvalue weighted by molar-refractivity contribution is 9.10. The minimum Gasteiger partial charge on any atom is -0.544 e. The number of amides is 1. The molecule has 2 rings (SSSR count). The van der Waals surface area contributed by atoms with Gasteiger partial charge in [-0.25, -0.2) is 4.79 Å². The normalized spacial score (nSPS) is 17.4. The Kier molecular flexibility index (Phi) is 5.87. The first-order chi connectivity index (χ1) is 11.2. The monoisotopic (exact) mass is 398 g/mol. The molecule has 1 N–H and O–H groups in total. The summed E-state index contributed by atoms with van der Waals surface area (Å²) >= 11 is 3.41. The summed E-state index contributed by atoms with van der Waals surface area (Å²) in [5.74, 6) is -1.11. The Morgan fingerprint density at radius 2 is 1.83 bits per heavy atom. The largest absolute Gasteiger partial charge is 0.544 e. The number of hydrogen-bond donors (Lipinski definition) is 1. The predicted octanol–water partition coefficient (Wildman–Crippen LogP) is 0.376. The van der Waals surface area contributed by atoms with Gasteiger partial charge in [0.05, 0.1) is 26.2 Å². The SMILES string of the molecule is CC(C)(C)OC(=O)N1CC[NH+]([C@@H](C(=O)[O-])c2ccccc2Br)CC1. The van der Waals surface area contributed by atoms with Crippen molar-refractivity contribution >= 4 is 28.0 Å². The third kappa shape index (κ3) is 4.70. The van der Waals surface area contributed by atoms with Gasteiger partial charge in [-0.05, 0) is 26.8 Å². The first kappa shape index (κ1) is 18.7. The van der Waals surface area contributed by atoms with Crippen molar-refractivity contribution in [2.75, 3.05) is 26.2 Å². The van der Waals surface area contributed by atoms with Gasteiger partial charge in [-0.15, -0.1) is 0 Å². The Balaban J connectivity index is 2.05. The second-order valence-electron chi connectivity index (χ2n) is 6.90. The molecule has 0 unspecified atom stereocenters. The van der Waals surface area contributed by atoms with Gasteiger partial charge in [0.1, 0.15) is 11.6 Å². The maximum atomic E-state index is 12.1. The van der Waals surface area contributed by atoms with E-state index in [9.17, 15) is 14.7 Å². The number of ether oxygens (including phenoxy) is 1. The smallest absolute Gasteiger partial charge is 0.410 e. The number of carbonyl (C=O) groups is 2. The van der Waals surface area contributed by atoms with E-state index in [0.29, 0.717) is 31.7 Å². The molecule has 6 nitrogen and oxygen atoms in total. The Morgan fingerprint density at radius 1 is 1.25 bits per heavy atom. The summed E-state index contributed by atoms with van der Waals surface area (Å²) in [6.45, 7) is 7.44. The van der Waals surface area contributed by atoms with Gasteiger partial charge in [0, 0.05) is 10.0 Å². The number of halogens is 1. The molecular formula is C17H23BrN2O4. The highest BCUT2D eigenvalue weighted by Crippen LogP contribution is 2.21. The van der Waals surface area contributed by atoms with Gasteiger partial charge >= 0.3 is 6.09 Å². The number of benzene rings is 1. The van der Waals surface area contributed by atoms with Gasteiger partial charge in [-0.2, -0.15) is 0 Å². The van der Waals surface area contributed by atoms with Crippen molar-refractivity contribution in [3.63, 3.8) is 0 Å². The first-order valence-corrected chi connectivity index (χ1v) is 8.76. The maximum Gasteiger partial charge on any atom is 0.410 e. The lowest BCUT2D eigenvalue weighted by Crippen LogP contribution is -3.16. The van der Waals surface area contributed by atoms with Crippen molar-refractivity contribution in [3.8, 4) is 0 Å². The van der Waals surface area contributed by atoms with Crippen LogP contribution in [0.1, 0.15) is 32.4 Å². The number of carbonyl (C=O) groups excluding carboxylic acids is 2. The van der Waals surface area contributed by atoms with Crippen LogP contribution >= 0.6 is 15.9 Å². The number of nitrogens with zero attached hydrogens (tertiary/aromatic N) is 1. The van der Waals surface area contributed by atoms with Crippen LogP contribution in [0.3, 0.4) is 0 Å². The Morgan fingerprint density at radius 3 is 2.33 bits per heavy atom. The van der Waals surface area contributed by atoms with E-state index >= 15 is 0 Å². The molecule has 0 saturated carbocycles. The molecule has 0 aliphatic carbocycles. The molecule has 0 radical (unpaired) electrons. The van der Waals surface area contributed by atoms with Crippen molar-refractivity contribution in [2.45, 2.75) is 32.4 Å². The molecule has 0 bridgehead atoms. The van der Waals surface area contributed by atoms with Crippen LogP contribution in [0.15, 0.2) is 28.7 Å². The molecule has 132 valence electrons. The first-order valence-electron chi connectivity index (χ1n) is 7.97. The molecular weight excluding hydrogens is 376 g/mol. The highest BCUT2D eigenvalue weighted by atomic mass is 79.9. The topological polar surface area (TPSA) is 74.1 Å². The number of piperazine rings is 1. The second-order valence-corrected chi connectivity index (χ2v) is 7.75. The molecule has 7 heteroatoms. The molecule has 0 aromatic heterocycles. The van der Waals surface area contributed by atoms with E-state index in [1.807, 2.05) is 39.0 Å². The van der Waals surface area contributed by atoms with Crippen molar-refractivity contribution in [3.05, 3.63) is 34.3 Å². The zero-order chi connectivity index (χ0) is 17.9. The van der Waals surface area contributed by atoms with E-state index in [4.69, 9.17) is 4.74 Å². The van der Waals surface area contributed by atoms with Crippen molar-refractivity contribution < 1.29 is 24.3 Å². The number of nitrogens with one attached hydrogen (secondary N) is 1. The van der Waals surface area contributed by atoms with Crippen LogP contribution in [0.4, 0.5) is 4.79 Å². The Hall–Kier alpha value is -1.60. The zero-order valence-corrected chi connectivity index (χ0v) is 15.8. The summed E-state index contributed by atoms with van der Waals surface area (Å²) in [5.41, 5.74) is 0.155. The molecule has 24 heavy (non-hydrogen) atoms. The summed E-state index contributed by atoms with van der Waals surface area (Å²) < 4.78 is 6.12. The predicted molar refractivity (Wildman–Crippen MR) is 90.4 cm³/mol. The third-order valence-electron chi connectivity index (χ3n) is 3.92. The standard InChI is InChI=1S/C17H23BrN2O4/c1-17(2,3)24-16(23)20-10-8-19(9-11-20)14(15(21)22)12-6-4-5-7-13(12)18/h4-7,14H,8-11H2,1-3H3,(H,21,22)/t14-/m1/s1. The van der Waals surface area contributed by atoms with Gasteiger partial charge in [0.2, 0.25) is 0 Å². The van der Waals surface area contributed by atoms with Crippen LogP contribution in [0.5, 0.6) is 0 Å². The molecule has 0 spiro atoms. The second kappa shape index (κ2) is 7.53. The van der Waals surface area contributed by atoms with Crippen molar-refractivity contribution in [2.24, 2.45) is 0 Å². The van der Waals surface area contributed by atoms with Crippen LogP contribution in [-0.2, 0) is 9.53 Å². The molecule has 1 heterocycles. The maximum absolute atomic E-state index is 12.1. The number of quaternary nitrogens is 1. The third-order valence-corrected chi connectivity index (χ3v) is 4.64. The molecule has 1 aliphatic heterocycles. The summed E-state index contributed by atoms with van der Waals surface area (Å²) in [6, 6.07) is 6.50. The summed E-state index contributed by atoms with van der Waals surface area (Å²) in [4.78, 5) is 26.3. The minimum atomic E-state index is -1.11. The fraction of sp³-hybridized carbons (Fsp3) is 0.529. The minimum absolute atomic E-state index is 0.354. The molecule has 1 aliphatic rings. The fourth-order valence-electron chi connectivity index (χ4n) is 2.81. The average molecular weight is 399 g/mol. The molecule has 1 saturated heterocycles. The lowest BCUT2D eigenvalue weighted by molar-refractivity contribution is -0.928. The Labute approximate surface area is 150 Å². The fourth-order valence-corrected chi connectivity index (χ4v) is 3.33. The molecule has 1 aromatic carbocycles. The average Bonchev–Trinajstić information content (AvgIpc) is 2.48. The van der Waals surface area contributed by atoms with Crippen LogP contribution < -0.4 is 10.0 Å². The van der Waals surface area contributed by atoms with Gasteiger partial charge < -0.3 is 19.5 Å². The van der Waals surface area contributed by atoms with Crippen LogP contribution in [0.25, 0.3) is 0 Å². The molecule has 1 aromatic rings. The molecule has 1 amide bonds. The van der Waals surface area contributed by atoms with E-state index < -0.39 is 17.6 Å². The molecule has 1 fully saturated rings. The van der Waals surface area contributed by atoms with Gasteiger partial charge in [-0.3, -0.25) is 4.90 Å².